The Bertz CT molecular complexity index is 984. The van der Waals surface area contributed by atoms with Crippen molar-refractivity contribution in [1.82, 2.24) is 5.43 Å². The standard InChI is InChI=1S/C18H14ClN3O4/c1-10-4-6-13(9-15(10)19)21-18(24)14(17(23)20-21)7-12-5-3-11(2)16(8-12)22(25)26/h3-9H,1-2H3,(H,20,23). The van der Waals surface area contributed by atoms with Crippen LogP contribution < -0.4 is 10.4 Å². The zero-order chi connectivity index (χ0) is 19.0. The van der Waals surface area contributed by atoms with E-state index in [1.165, 1.54) is 12.1 Å². The van der Waals surface area contributed by atoms with Crippen molar-refractivity contribution in [3.63, 3.8) is 0 Å². The highest BCUT2D eigenvalue weighted by Crippen LogP contribution is 2.27. The lowest BCUT2D eigenvalue weighted by atomic mass is 10.1. The molecule has 2 aromatic carbocycles. The van der Waals surface area contributed by atoms with Gasteiger partial charge in [-0.15, -0.1) is 0 Å². The van der Waals surface area contributed by atoms with E-state index in [4.69, 9.17) is 11.6 Å². The summed E-state index contributed by atoms with van der Waals surface area (Å²) < 4.78 is 0. The van der Waals surface area contributed by atoms with Crippen molar-refractivity contribution >= 4 is 40.9 Å². The molecule has 1 aliphatic rings. The number of nitrogens with zero attached hydrogens (tertiary/aromatic N) is 2. The lowest BCUT2D eigenvalue weighted by Gasteiger charge is -2.15. The molecule has 0 unspecified atom stereocenters. The van der Waals surface area contributed by atoms with Crippen LogP contribution in [0.2, 0.25) is 5.02 Å². The van der Waals surface area contributed by atoms with Crippen LogP contribution in [0.1, 0.15) is 16.7 Å². The molecule has 1 aliphatic heterocycles. The van der Waals surface area contributed by atoms with E-state index in [0.29, 0.717) is 21.8 Å². The van der Waals surface area contributed by atoms with Gasteiger partial charge >= 0.3 is 0 Å². The molecule has 0 spiro atoms. The van der Waals surface area contributed by atoms with Crippen LogP contribution in [-0.4, -0.2) is 16.7 Å². The smallest absolute Gasteiger partial charge is 0.267 e. The number of carbonyl (C=O) groups excluding carboxylic acids is 2. The molecule has 0 bridgehead atoms. The zero-order valence-electron chi connectivity index (χ0n) is 13.9. The summed E-state index contributed by atoms with van der Waals surface area (Å²) in [6.45, 7) is 3.44. The average molecular weight is 372 g/mol. The third kappa shape index (κ3) is 3.16. The van der Waals surface area contributed by atoms with Crippen molar-refractivity contribution in [3.8, 4) is 0 Å². The maximum Gasteiger partial charge on any atom is 0.282 e. The molecule has 7 nitrogen and oxygen atoms in total. The van der Waals surface area contributed by atoms with Gasteiger partial charge in [0.1, 0.15) is 5.57 Å². The number of amides is 2. The van der Waals surface area contributed by atoms with E-state index in [2.05, 4.69) is 5.43 Å². The number of hydrogen-bond acceptors (Lipinski definition) is 4. The number of nitrogens with one attached hydrogen (secondary N) is 1. The molecule has 0 aliphatic carbocycles. The number of hydrazine groups is 1. The van der Waals surface area contributed by atoms with Gasteiger partial charge in [0.05, 0.1) is 10.6 Å². The van der Waals surface area contributed by atoms with Crippen molar-refractivity contribution in [2.45, 2.75) is 13.8 Å². The van der Waals surface area contributed by atoms with E-state index in [1.807, 2.05) is 6.92 Å². The monoisotopic (exact) mass is 371 g/mol. The van der Waals surface area contributed by atoms with Crippen molar-refractivity contribution < 1.29 is 14.5 Å². The van der Waals surface area contributed by atoms with Gasteiger partial charge in [0.25, 0.3) is 17.5 Å². The fourth-order valence-corrected chi connectivity index (χ4v) is 2.71. The SMILES string of the molecule is Cc1ccc(N2NC(=O)C(=Cc3ccc(C)c([N+](=O)[O-])c3)C2=O)cc1Cl. The summed E-state index contributed by atoms with van der Waals surface area (Å²) in [5, 5.41) is 12.6. The molecule has 0 atom stereocenters. The lowest BCUT2D eigenvalue weighted by Crippen LogP contribution is -2.35. The Balaban J connectivity index is 1.96. The quantitative estimate of drug-likeness (QED) is 0.387. The molecule has 26 heavy (non-hydrogen) atoms. The number of benzene rings is 2. The van der Waals surface area contributed by atoms with Gasteiger partial charge in [-0.2, -0.15) is 0 Å². The molecule has 132 valence electrons. The highest BCUT2D eigenvalue weighted by molar-refractivity contribution is 6.33. The van der Waals surface area contributed by atoms with Crippen LogP contribution in [-0.2, 0) is 9.59 Å². The summed E-state index contributed by atoms with van der Waals surface area (Å²) in [5.74, 6) is -1.15. The Morgan fingerprint density at radius 2 is 1.81 bits per heavy atom. The van der Waals surface area contributed by atoms with Gasteiger partial charge in [0.2, 0.25) is 0 Å². The molecule has 8 heteroatoms. The number of hydrogen-bond donors (Lipinski definition) is 1. The molecule has 3 rings (SSSR count). The van der Waals surface area contributed by atoms with Crippen LogP contribution >= 0.6 is 11.6 Å². The molecular weight excluding hydrogens is 358 g/mol. The summed E-state index contributed by atoms with van der Waals surface area (Å²) in [6.07, 6.45) is 1.33. The predicted octanol–water partition coefficient (Wildman–Crippen LogP) is 3.33. The molecule has 0 aromatic heterocycles. The number of anilines is 1. The number of carbonyl (C=O) groups is 2. The Morgan fingerprint density at radius 3 is 2.46 bits per heavy atom. The summed E-state index contributed by atoms with van der Waals surface area (Å²) in [5.41, 5.74) is 4.44. The van der Waals surface area contributed by atoms with Crippen molar-refractivity contribution in [3.05, 3.63) is 73.8 Å². The van der Waals surface area contributed by atoms with Gasteiger partial charge < -0.3 is 0 Å². The second kappa shape index (κ2) is 6.61. The van der Waals surface area contributed by atoms with Gasteiger partial charge in [0, 0.05) is 16.7 Å². The maximum absolute atomic E-state index is 12.6. The number of aryl methyl sites for hydroxylation is 2. The normalized spacial score (nSPS) is 15.5. The Hall–Kier alpha value is -3.19. The van der Waals surface area contributed by atoms with Crippen LogP contribution in [0.4, 0.5) is 11.4 Å². The van der Waals surface area contributed by atoms with E-state index in [9.17, 15) is 19.7 Å². The second-order valence-electron chi connectivity index (χ2n) is 5.88. The number of nitro benzene ring substituents is 1. The molecular formula is C18H14ClN3O4. The summed E-state index contributed by atoms with van der Waals surface area (Å²) >= 11 is 6.08. The highest BCUT2D eigenvalue weighted by Gasteiger charge is 2.34. The van der Waals surface area contributed by atoms with Crippen molar-refractivity contribution in [2.24, 2.45) is 0 Å². The molecule has 0 radical (unpaired) electrons. The lowest BCUT2D eigenvalue weighted by molar-refractivity contribution is -0.385. The minimum atomic E-state index is -0.588. The fraction of sp³-hybridized carbons (Fsp3) is 0.111. The fourth-order valence-electron chi connectivity index (χ4n) is 2.54. The van der Waals surface area contributed by atoms with Crippen molar-refractivity contribution in [1.29, 1.82) is 0 Å². The first-order valence-electron chi connectivity index (χ1n) is 7.66. The highest BCUT2D eigenvalue weighted by atomic mass is 35.5. The minimum absolute atomic E-state index is 0.0765. The van der Waals surface area contributed by atoms with Crippen LogP contribution in [0.3, 0.4) is 0 Å². The number of halogens is 1. The van der Waals surface area contributed by atoms with Crippen LogP contribution in [0.5, 0.6) is 0 Å². The zero-order valence-corrected chi connectivity index (χ0v) is 14.7. The first-order valence-corrected chi connectivity index (χ1v) is 8.04. The molecule has 1 N–H and O–H groups in total. The van der Waals surface area contributed by atoms with E-state index < -0.39 is 16.7 Å². The van der Waals surface area contributed by atoms with Gasteiger partial charge in [-0.1, -0.05) is 29.8 Å². The molecule has 2 amide bonds. The van der Waals surface area contributed by atoms with Gasteiger partial charge in [0.15, 0.2) is 0 Å². The third-order valence-electron chi connectivity index (χ3n) is 4.05. The Morgan fingerprint density at radius 1 is 1.12 bits per heavy atom. The molecule has 1 heterocycles. The van der Waals surface area contributed by atoms with E-state index in [0.717, 1.165) is 10.6 Å². The van der Waals surface area contributed by atoms with Crippen LogP contribution in [0.15, 0.2) is 42.0 Å². The van der Waals surface area contributed by atoms with Crippen LogP contribution in [0, 0.1) is 24.0 Å². The summed E-state index contributed by atoms with van der Waals surface area (Å²) in [7, 11) is 0. The average Bonchev–Trinajstić information content (AvgIpc) is 2.87. The Labute approximate surface area is 154 Å². The molecule has 1 fully saturated rings. The molecule has 0 saturated carbocycles. The predicted molar refractivity (Wildman–Crippen MR) is 97.6 cm³/mol. The summed E-state index contributed by atoms with van der Waals surface area (Å²) in [4.78, 5) is 35.4. The van der Waals surface area contributed by atoms with E-state index in [-0.39, 0.29) is 11.3 Å². The first kappa shape index (κ1) is 17.6. The first-order chi connectivity index (χ1) is 12.3. The second-order valence-corrected chi connectivity index (χ2v) is 6.28. The molecule has 1 saturated heterocycles. The van der Waals surface area contributed by atoms with Crippen LogP contribution in [0.25, 0.3) is 6.08 Å². The minimum Gasteiger partial charge on any atom is -0.267 e. The molecule has 2 aromatic rings. The van der Waals surface area contributed by atoms with E-state index in [1.54, 1.807) is 37.3 Å². The maximum atomic E-state index is 12.6. The largest absolute Gasteiger partial charge is 0.282 e. The van der Waals surface area contributed by atoms with Gasteiger partial charge in [-0.05, 0) is 43.2 Å². The van der Waals surface area contributed by atoms with Gasteiger partial charge in [-0.25, -0.2) is 5.01 Å². The van der Waals surface area contributed by atoms with Gasteiger partial charge in [-0.3, -0.25) is 25.1 Å². The number of nitro groups is 1. The van der Waals surface area contributed by atoms with Crippen molar-refractivity contribution in [2.75, 3.05) is 5.01 Å². The Kier molecular flexibility index (Phi) is 4.48. The van der Waals surface area contributed by atoms with E-state index >= 15 is 0 Å². The topological polar surface area (TPSA) is 92.6 Å². The summed E-state index contributed by atoms with van der Waals surface area (Å²) in [6, 6.07) is 9.49. The third-order valence-corrected chi connectivity index (χ3v) is 4.45. The number of rotatable bonds is 3.